The molecule has 1 aliphatic rings. The van der Waals surface area contributed by atoms with Crippen molar-refractivity contribution >= 4 is 17.6 Å². The van der Waals surface area contributed by atoms with Gasteiger partial charge >= 0.3 is 6.03 Å². The smallest absolute Gasteiger partial charge is 0.319 e. The number of aromatic nitrogens is 2. The highest BCUT2D eigenvalue weighted by atomic mass is 16.5. The summed E-state index contributed by atoms with van der Waals surface area (Å²) in [5.41, 5.74) is 5.63. The number of anilines is 1. The number of hydrogen-bond acceptors (Lipinski definition) is 4. The fraction of sp³-hybridized carbons (Fsp3) is 0.643. The van der Waals surface area contributed by atoms with Gasteiger partial charge in [-0.05, 0) is 33.1 Å². The molecule has 2 heterocycles. The van der Waals surface area contributed by atoms with Crippen LogP contribution in [0.1, 0.15) is 43.6 Å². The molecule has 22 heavy (non-hydrogen) atoms. The molecule has 1 aromatic heterocycles. The molecule has 122 valence electrons. The van der Waals surface area contributed by atoms with Gasteiger partial charge in [-0.15, -0.1) is 0 Å². The average Bonchev–Trinajstić information content (AvgIpc) is 2.91. The summed E-state index contributed by atoms with van der Waals surface area (Å²) in [5.74, 6) is -0.675. The molecule has 0 radical (unpaired) electrons. The summed E-state index contributed by atoms with van der Waals surface area (Å²) >= 11 is 0. The molecule has 1 aromatic rings. The molecule has 2 atom stereocenters. The highest BCUT2D eigenvalue weighted by Crippen LogP contribution is 2.16. The maximum atomic E-state index is 12.1. The van der Waals surface area contributed by atoms with E-state index in [0.717, 1.165) is 25.9 Å². The normalized spacial score (nSPS) is 19.5. The van der Waals surface area contributed by atoms with E-state index >= 15 is 0 Å². The van der Waals surface area contributed by atoms with Gasteiger partial charge in [0.25, 0.3) is 5.91 Å². The van der Waals surface area contributed by atoms with Gasteiger partial charge in [0.1, 0.15) is 0 Å². The minimum Gasteiger partial charge on any atom is -0.376 e. The zero-order valence-electron chi connectivity index (χ0n) is 13.0. The van der Waals surface area contributed by atoms with Crippen molar-refractivity contribution in [1.29, 1.82) is 0 Å². The number of urea groups is 1. The highest BCUT2D eigenvalue weighted by Gasteiger charge is 2.23. The van der Waals surface area contributed by atoms with Crippen molar-refractivity contribution in [1.82, 2.24) is 15.1 Å². The minimum absolute atomic E-state index is 0.0217. The average molecular weight is 309 g/mol. The van der Waals surface area contributed by atoms with Crippen LogP contribution in [0.4, 0.5) is 10.5 Å². The van der Waals surface area contributed by atoms with Crippen molar-refractivity contribution < 1.29 is 14.3 Å². The van der Waals surface area contributed by atoms with Gasteiger partial charge < -0.3 is 21.1 Å². The van der Waals surface area contributed by atoms with Crippen LogP contribution < -0.4 is 16.4 Å². The van der Waals surface area contributed by atoms with Crippen LogP contribution in [-0.4, -0.2) is 40.5 Å². The maximum absolute atomic E-state index is 12.1. The summed E-state index contributed by atoms with van der Waals surface area (Å²) < 4.78 is 7.19. The van der Waals surface area contributed by atoms with E-state index < -0.39 is 11.9 Å². The van der Waals surface area contributed by atoms with Crippen molar-refractivity contribution in [2.45, 2.75) is 51.8 Å². The summed E-state index contributed by atoms with van der Waals surface area (Å²) in [5, 5.41) is 9.48. The van der Waals surface area contributed by atoms with Crippen molar-refractivity contribution in [3.8, 4) is 0 Å². The monoisotopic (exact) mass is 309 g/mol. The van der Waals surface area contributed by atoms with Gasteiger partial charge in [-0.25, -0.2) is 4.79 Å². The number of nitrogens with zero attached hydrogens (tertiary/aromatic N) is 2. The summed E-state index contributed by atoms with van der Waals surface area (Å²) in [6, 6.07) is -0.515. The van der Waals surface area contributed by atoms with Gasteiger partial charge in [0.05, 0.1) is 17.8 Å². The first kappa shape index (κ1) is 16.3. The van der Waals surface area contributed by atoms with Gasteiger partial charge in [-0.3, -0.25) is 9.48 Å². The Morgan fingerprint density at radius 1 is 1.55 bits per heavy atom. The van der Waals surface area contributed by atoms with Crippen molar-refractivity contribution in [2.24, 2.45) is 5.73 Å². The van der Waals surface area contributed by atoms with E-state index in [1.165, 1.54) is 0 Å². The van der Waals surface area contributed by atoms with Crippen LogP contribution in [0.5, 0.6) is 0 Å². The zero-order chi connectivity index (χ0) is 16.1. The molecule has 0 saturated carbocycles. The van der Waals surface area contributed by atoms with Gasteiger partial charge in [-0.2, -0.15) is 5.10 Å². The van der Waals surface area contributed by atoms with E-state index in [1.54, 1.807) is 10.9 Å². The number of carbonyl (C=O) groups is 2. The molecular weight excluding hydrogens is 286 g/mol. The molecule has 2 rings (SSSR count). The first-order valence-corrected chi connectivity index (χ1v) is 7.57. The number of rotatable bonds is 5. The Balaban J connectivity index is 1.96. The summed E-state index contributed by atoms with van der Waals surface area (Å²) in [7, 11) is 0. The molecular formula is C14H23N5O3. The van der Waals surface area contributed by atoms with E-state index in [9.17, 15) is 9.59 Å². The zero-order valence-corrected chi connectivity index (χ0v) is 13.0. The van der Waals surface area contributed by atoms with E-state index in [0.29, 0.717) is 12.2 Å². The van der Waals surface area contributed by atoms with Crippen LogP contribution in [0.2, 0.25) is 0 Å². The summed E-state index contributed by atoms with van der Waals surface area (Å²) in [6.45, 7) is 5.09. The first-order chi connectivity index (χ1) is 10.5. The Kier molecular flexibility index (Phi) is 5.37. The SMILES string of the molecule is CCn1cc(NC(=O)NC(C)C2CCCCO2)c(C(N)=O)n1. The number of primary amides is 1. The number of carbonyl (C=O) groups excluding carboxylic acids is 2. The van der Waals surface area contributed by atoms with Gasteiger partial charge in [0.2, 0.25) is 0 Å². The Morgan fingerprint density at radius 3 is 2.91 bits per heavy atom. The lowest BCUT2D eigenvalue weighted by Crippen LogP contribution is -2.45. The third kappa shape index (κ3) is 3.97. The largest absolute Gasteiger partial charge is 0.376 e. The lowest BCUT2D eigenvalue weighted by atomic mass is 10.0. The number of nitrogens with one attached hydrogen (secondary N) is 2. The van der Waals surface area contributed by atoms with E-state index in [2.05, 4.69) is 15.7 Å². The predicted molar refractivity (Wildman–Crippen MR) is 81.6 cm³/mol. The summed E-state index contributed by atoms with van der Waals surface area (Å²) in [4.78, 5) is 23.4. The second-order valence-corrected chi connectivity index (χ2v) is 5.40. The molecule has 1 aliphatic heterocycles. The van der Waals surface area contributed by atoms with Gasteiger partial charge in [0, 0.05) is 19.3 Å². The standard InChI is InChI=1S/C14H23N5O3/c1-3-19-8-10(12(18-19)13(15)20)17-14(21)16-9(2)11-6-4-5-7-22-11/h8-9,11H,3-7H2,1-2H3,(H2,15,20)(H2,16,17,21). The molecule has 0 aliphatic carbocycles. The van der Waals surface area contributed by atoms with Crippen molar-refractivity contribution in [2.75, 3.05) is 11.9 Å². The van der Waals surface area contributed by atoms with E-state index in [-0.39, 0.29) is 17.8 Å². The van der Waals surface area contributed by atoms with Crippen LogP contribution in [0.3, 0.4) is 0 Å². The van der Waals surface area contributed by atoms with Crippen LogP contribution in [0.25, 0.3) is 0 Å². The predicted octanol–water partition coefficient (Wildman–Crippen LogP) is 1.08. The Labute approximate surface area is 129 Å². The second-order valence-electron chi connectivity index (χ2n) is 5.40. The third-order valence-corrected chi connectivity index (χ3v) is 3.70. The number of hydrogen-bond donors (Lipinski definition) is 3. The molecule has 1 fully saturated rings. The molecule has 2 unspecified atom stereocenters. The maximum Gasteiger partial charge on any atom is 0.319 e. The number of amides is 3. The lowest BCUT2D eigenvalue weighted by molar-refractivity contribution is -0.00101. The van der Waals surface area contributed by atoms with Crippen molar-refractivity contribution in [3.05, 3.63) is 11.9 Å². The van der Waals surface area contributed by atoms with E-state index in [1.807, 2.05) is 13.8 Å². The fourth-order valence-corrected chi connectivity index (χ4v) is 2.47. The quantitative estimate of drug-likeness (QED) is 0.755. The fourth-order valence-electron chi connectivity index (χ4n) is 2.47. The van der Waals surface area contributed by atoms with Crippen LogP contribution in [-0.2, 0) is 11.3 Å². The number of aryl methyl sites for hydroxylation is 1. The molecule has 4 N–H and O–H groups in total. The molecule has 0 aromatic carbocycles. The first-order valence-electron chi connectivity index (χ1n) is 7.57. The summed E-state index contributed by atoms with van der Waals surface area (Å²) in [6.07, 6.45) is 4.71. The van der Waals surface area contributed by atoms with Crippen molar-refractivity contribution in [3.63, 3.8) is 0 Å². The molecule has 1 saturated heterocycles. The van der Waals surface area contributed by atoms with Crippen LogP contribution >= 0.6 is 0 Å². The third-order valence-electron chi connectivity index (χ3n) is 3.70. The molecule has 3 amide bonds. The van der Waals surface area contributed by atoms with Crippen LogP contribution in [0, 0.1) is 0 Å². The Bertz CT molecular complexity index is 537. The Hall–Kier alpha value is -2.09. The van der Waals surface area contributed by atoms with Crippen LogP contribution in [0.15, 0.2) is 6.20 Å². The lowest BCUT2D eigenvalue weighted by Gasteiger charge is -2.28. The topological polar surface area (TPSA) is 111 Å². The Morgan fingerprint density at radius 2 is 2.32 bits per heavy atom. The molecule has 0 spiro atoms. The number of nitrogens with two attached hydrogens (primary N) is 1. The highest BCUT2D eigenvalue weighted by molar-refractivity contribution is 6.01. The molecule has 8 nitrogen and oxygen atoms in total. The number of ether oxygens (including phenoxy) is 1. The minimum atomic E-state index is -0.675. The van der Waals surface area contributed by atoms with E-state index in [4.69, 9.17) is 10.5 Å². The molecule has 8 heteroatoms. The van der Waals surface area contributed by atoms with Gasteiger partial charge in [0.15, 0.2) is 5.69 Å². The van der Waals surface area contributed by atoms with Gasteiger partial charge in [-0.1, -0.05) is 0 Å². The molecule has 0 bridgehead atoms. The second kappa shape index (κ2) is 7.26.